The van der Waals surface area contributed by atoms with Crippen molar-refractivity contribution in [2.24, 2.45) is 0 Å². The molecule has 1 saturated heterocycles. The number of benzene rings is 1. The molecule has 2 unspecified atom stereocenters. The Morgan fingerprint density at radius 3 is 3.00 bits per heavy atom. The maximum Gasteiger partial charge on any atom is 0.124 e. The van der Waals surface area contributed by atoms with E-state index in [-0.39, 0.29) is 12.1 Å². The molecule has 2 atom stereocenters. The lowest BCUT2D eigenvalue weighted by Gasteiger charge is -2.25. The Labute approximate surface area is 117 Å². The van der Waals surface area contributed by atoms with E-state index in [4.69, 9.17) is 9.47 Å². The third-order valence-electron chi connectivity index (χ3n) is 3.25. The maximum absolute atomic E-state index is 5.80. The second-order valence-corrected chi connectivity index (χ2v) is 5.35. The highest BCUT2D eigenvalue weighted by atomic mass is 79.9. The van der Waals surface area contributed by atoms with Gasteiger partial charge in [0, 0.05) is 16.6 Å². The first-order valence-corrected chi connectivity index (χ1v) is 7.26. The summed E-state index contributed by atoms with van der Waals surface area (Å²) >= 11 is 3.53. The highest BCUT2D eigenvalue weighted by molar-refractivity contribution is 9.10. The van der Waals surface area contributed by atoms with Gasteiger partial charge in [0.15, 0.2) is 0 Å². The second kappa shape index (κ2) is 6.55. The molecule has 100 valence electrons. The van der Waals surface area contributed by atoms with Gasteiger partial charge in [0.25, 0.3) is 0 Å². The van der Waals surface area contributed by atoms with Crippen molar-refractivity contribution in [3.63, 3.8) is 0 Å². The van der Waals surface area contributed by atoms with Crippen molar-refractivity contribution in [2.45, 2.75) is 31.9 Å². The SMILES string of the molecule is CCOc1ccc(Br)cc1C(NC)C1CCCO1. The standard InChI is InChI=1S/C14H20BrNO2/c1-3-17-12-7-6-10(15)9-11(12)14(16-2)13-5-4-8-18-13/h6-7,9,13-14,16H,3-5,8H2,1-2H3. The van der Waals surface area contributed by atoms with Gasteiger partial charge in [0.2, 0.25) is 0 Å². The Hall–Kier alpha value is -0.580. The van der Waals surface area contributed by atoms with Crippen LogP contribution in [-0.2, 0) is 4.74 Å². The minimum absolute atomic E-state index is 0.187. The van der Waals surface area contributed by atoms with Crippen molar-refractivity contribution in [1.82, 2.24) is 5.32 Å². The topological polar surface area (TPSA) is 30.5 Å². The molecule has 0 aromatic heterocycles. The number of nitrogens with one attached hydrogen (secondary N) is 1. The monoisotopic (exact) mass is 313 g/mol. The molecule has 0 saturated carbocycles. The van der Waals surface area contributed by atoms with Gasteiger partial charge in [-0.2, -0.15) is 0 Å². The van der Waals surface area contributed by atoms with E-state index in [0.717, 1.165) is 29.7 Å². The van der Waals surface area contributed by atoms with Crippen molar-refractivity contribution < 1.29 is 9.47 Å². The average Bonchev–Trinajstić information content (AvgIpc) is 2.87. The second-order valence-electron chi connectivity index (χ2n) is 4.43. The van der Waals surface area contributed by atoms with Crippen LogP contribution in [0.25, 0.3) is 0 Å². The van der Waals surface area contributed by atoms with Crippen molar-refractivity contribution in [2.75, 3.05) is 20.3 Å². The highest BCUT2D eigenvalue weighted by Gasteiger charge is 2.28. The summed E-state index contributed by atoms with van der Waals surface area (Å²) in [6.07, 6.45) is 2.48. The van der Waals surface area contributed by atoms with E-state index >= 15 is 0 Å². The lowest BCUT2D eigenvalue weighted by atomic mass is 9.98. The zero-order valence-electron chi connectivity index (χ0n) is 10.9. The molecule has 0 aliphatic carbocycles. The molecule has 1 N–H and O–H groups in total. The summed E-state index contributed by atoms with van der Waals surface area (Å²) in [5.41, 5.74) is 1.17. The van der Waals surface area contributed by atoms with Gasteiger partial charge in [0.1, 0.15) is 5.75 Å². The summed E-state index contributed by atoms with van der Waals surface area (Å²) in [7, 11) is 1.98. The number of likely N-dealkylation sites (N-methyl/N-ethyl adjacent to an activating group) is 1. The van der Waals surface area contributed by atoms with Crippen molar-refractivity contribution in [3.8, 4) is 5.75 Å². The van der Waals surface area contributed by atoms with Crippen LogP contribution in [0, 0.1) is 0 Å². The minimum atomic E-state index is 0.187. The van der Waals surface area contributed by atoms with Crippen LogP contribution >= 0.6 is 15.9 Å². The molecule has 1 heterocycles. The van der Waals surface area contributed by atoms with Crippen LogP contribution < -0.4 is 10.1 Å². The fraction of sp³-hybridized carbons (Fsp3) is 0.571. The molecule has 0 radical (unpaired) electrons. The molecule has 18 heavy (non-hydrogen) atoms. The summed E-state index contributed by atoms with van der Waals surface area (Å²) in [5.74, 6) is 0.940. The lowest BCUT2D eigenvalue weighted by molar-refractivity contribution is 0.0797. The molecule has 1 aromatic carbocycles. The third-order valence-corrected chi connectivity index (χ3v) is 3.75. The van der Waals surface area contributed by atoms with Gasteiger partial charge in [-0.1, -0.05) is 15.9 Å². The largest absolute Gasteiger partial charge is 0.494 e. The van der Waals surface area contributed by atoms with E-state index < -0.39 is 0 Å². The number of ether oxygens (including phenoxy) is 2. The molecule has 4 heteroatoms. The molecule has 1 aliphatic rings. The predicted octanol–water partition coefficient (Wildman–Crippen LogP) is 3.29. The lowest BCUT2D eigenvalue weighted by Crippen LogP contribution is -2.29. The number of halogens is 1. The molecule has 0 bridgehead atoms. The summed E-state index contributed by atoms with van der Waals surface area (Å²) in [6, 6.07) is 6.33. The summed E-state index contributed by atoms with van der Waals surface area (Å²) in [4.78, 5) is 0. The van der Waals surface area contributed by atoms with Crippen LogP contribution in [-0.4, -0.2) is 26.4 Å². The van der Waals surface area contributed by atoms with Gasteiger partial charge >= 0.3 is 0 Å². The summed E-state index contributed by atoms with van der Waals surface area (Å²) in [5, 5.41) is 3.36. The molecular formula is C14H20BrNO2. The Kier molecular flexibility index (Phi) is 5.03. The Bertz CT molecular complexity index is 391. The van der Waals surface area contributed by atoms with E-state index in [1.807, 2.05) is 26.1 Å². The van der Waals surface area contributed by atoms with Crippen molar-refractivity contribution in [3.05, 3.63) is 28.2 Å². The predicted molar refractivity (Wildman–Crippen MR) is 76.1 cm³/mol. The van der Waals surface area contributed by atoms with Gasteiger partial charge in [0.05, 0.1) is 18.8 Å². The van der Waals surface area contributed by atoms with Crippen LogP contribution in [0.5, 0.6) is 5.75 Å². The van der Waals surface area contributed by atoms with Gasteiger partial charge in [-0.15, -0.1) is 0 Å². The summed E-state index contributed by atoms with van der Waals surface area (Å²) < 4.78 is 12.6. The first-order valence-electron chi connectivity index (χ1n) is 6.47. The first kappa shape index (κ1) is 13.8. The van der Waals surface area contributed by atoms with Crippen molar-refractivity contribution in [1.29, 1.82) is 0 Å². The van der Waals surface area contributed by atoms with E-state index in [0.29, 0.717) is 6.61 Å². The molecule has 0 spiro atoms. The van der Waals surface area contributed by atoms with E-state index in [2.05, 4.69) is 27.3 Å². The molecule has 1 aliphatic heterocycles. The Balaban J connectivity index is 2.29. The van der Waals surface area contributed by atoms with Crippen LogP contribution in [0.4, 0.5) is 0 Å². The van der Waals surface area contributed by atoms with Crippen LogP contribution in [0.15, 0.2) is 22.7 Å². The molecule has 2 rings (SSSR count). The fourth-order valence-electron chi connectivity index (χ4n) is 2.46. The maximum atomic E-state index is 5.80. The van der Waals surface area contributed by atoms with Gasteiger partial charge in [-0.3, -0.25) is 0 Å². The van der Waals surface area contributed by atoms with Gasteiger partial charge in [-0.25, -0.2) is 0 Å². The van der Waals surface area contributed by atoms with Gasteiger partial charge in [-0.05, 0) is 45.0 Å². The van der Waals surface area contributed by atoms with Gasteiger partial charge < -0.3 is 14.8 Å². The number of rotatable bonds is 5. The average molecular weight is 314 g/mol. The quantitative estimate of drug-likeness (QED) is 0.905. The van der Waals surface area contributed by atoms with Crippen LogP contribution in [0.2, 0.25) is 0 Å². The fourth-order valence-corrected chi connectivity index (χ4v) is 2.84. The number of hydrogen-bond donors (Lipinski definition) is 1. The number of hydrogen-bond acceptors (Lipinski definition) is 3. The van der Waals surface area contributed by atoms with E-state index in [1.54, 1.807) is 0 Å². The smallest absolute Gasteiger partial charge is 0.124 e. The van der Waals surface area contributed by atoms with E-state index in [9.17, 15) is 0 Å². The molecule has 1 fully saturated rings. The van der Waals surface area contributed by atoms with E-state index in [1.165, 1.54) is 5.56 Å². The van der Waals surface area contributed by atoms with Crippen LogP contribution in [0.3, 0.4) is 0 Å². The first-order chi connectivity index (χ1) is 8.76. The molecule has 0 amide bonds. The molecular weight excluding hydrogens is 294 g/mol. The van der Waals surface area contributed by atoms with Crippen LogP contribution in [0.1, 0.15) is 31.4 Å². The summed E-state index contributed by atoms with van der Waals surface area (Å²) in [6.45, 7) is 3.55. The molecule has 3 nitrogen and oxygen atoms in total. The third kappa shape index (κ3) is 3.05. The zero-order chi connectivity index (χ0) is 13.0. The highest BCUT2D eigenvalue weighted by Crippen LogP contribution is 2.34. The minimum Gasteiger partial charge on any atom is -0.494 e. The van der Waals surface area contributed by atoms with Crippen molar-refractivity contribution >= 4 is 15.9 Å². The normalized spacial score (nSPS) is 20.9. The Morgan fingerprint density at radius 1 is 1.56 bits per heavy atom. The Morgan fingerprint density at radius 2 is 2.39 bits per heavy atom. The molecule has 1 aromatic rings. The zero-order valence-corrected chi connectivity index (χ0v) is 12.5.